The van der Waals surface area contributed by atoms with Crippen LogP contribution in [0, 0.1) is 0 Å². The topological polar surface area (TPSA) is 70.2 Å². The summed E-state index contributed by atoms with van der Waals surface area (Å²) in [5, 5.41) is 9.51. The standard InChI is InChI=1S/C22H28ClN3O2/c1-4-22(5-2,17-11-13-18(23)14-12-17)25-15-19(27)26-20(21(28)24-3)16-9-7-6-8-10-16/h6-14,20,25H,4-5,15H2,1-3H3,(H,24,28)(H,26,27). The number of benzene rings is 2. The smallest absolute Gasteiger partial charge is 0.246 e. The normalized spacial score (nSPS) is 12.3. The zero-order chi connectivity index (χ0) is 20.6. The lowest BCUT2D eigenvalue weighted by Gasteiger charge is -2.34. The summed E-state index contributed by atoms with van der Waals surface area (Å²) in [7, 11) is 1.56. The van der Waals surface area contributed by atoms with E-state index in [4.69, 9.17) is 11.6 Å². The zero-order valence-electron chi connectivity index (χ0n) is 16.6. The molecule has 0 aliphatic heterocycles. The maximum atomic E-state index is 12.6. The summed E-state index contributed by atoms with van der Waals surface area (Å²) >= 11 is 6.01. The summed E-state index contributed by atoms with van der Waals surface area (Å²) in [5.74, 6) is -0.493. The van der Waals surface area contributed by atoms with Gasteiger partial charge in [0.15, 0.2) is 0 Å². The number of amides is 2. The molecule has 1 atom stereocenters. The Balaban J connectivity index is 2.11. The SMILES string of the molecule is CCC(CC)(NCC(=O)NC(C(=O)NC)c1ccccc1)c1ccc(Cl)cc1. The van der Waals surface area contributed by atoms with Gasteiger partial charge < -0.3 is 10.6 Å². The van der Waals surface area contributed by atoms with Gasteiger partial charge in [0, 0.05) is 17.6 Å². The van der Waals surface area contributed by atoms with Crippen LogP contribution in [0.3, 0.4) is 0 Å². The molecule has 2 rings (SSSR count). The Bertz CT molecular complexity index is 774. The third kappa shape index (κ3) is 5.33. The second kappa shape index (κ2) is 10.2. The quantitative estimate of drug-likeness (QED) is 0.601. The summed E-state index contributed by atoms with van der Waals surface area (Å²) in [6.07, 6.45) is 1.63. The number of hydrogen-bond donors (Lipinski definition) is 3. The van der Waals surface area contributed by atoms with E-state index in [2.05, 4.69) is 29.8 Å². The van der Waals surface area contributed by atoms with E-state index in [0.29, 0.717) is 5.02 Å². The van der Waals surface area contributed by atoms with Gasteiger partial charge in [-0.1, -0.05) is 67.9 Å². The molecule has 0 aliphatic carbocycles. The van der Waals surface area contributed by atoms with Crippen molar-refractivity contribution in [2.45, 2.75) is 38.3 Å². The summed E-state index contributed by atoms with van der Waals surface area (Å²) in [4.78, 5) is 24.9. The average Bonchev–Trinajstić information content (AvgIpc) is 2.74. The lowest BCUT2D eigenvalue weighted by molar-refractivity contribution is -0.128. The van der Waals surface area contributed by atoms with Gasteiger partial charge in [0.2, 0.25) is 11.8 Å². The maximum Gasteiger partial charge on any atom is 0.246 e. The molecule has 6 heteroatoms. The van der Waals surface area contributed by atoms with E-state index in [1.165, 1.54) is 0 Å². The monoisotopic (exact) mass is 401 g/mol. The lowest BCUT2D eigenvalue weighted by atomic mass is 9.84. The second-order valence-corrected chi connectivity index (χ2v) is 7.11. The number of carbonyl (C=O) groups is 2. The predicted molar refractivity (Wildman–Crippen MR) is 113 cm³/mol. The van der Waals surface area contributed by atoms with Gasteiger partial charge in [0.05, 0.1) is 6.54 Å². The number of likely N-dealkylation sites (N-methyl/N-ethyl adjacent to an activating group) is 1. The van der Waals surface area contributed by atoms with E-state index < -0.39 is 6.04 Å². The van der Waals surface area contributed by atoms with E-state index >= 15 is 0 Å². The van der Waals surface area contributed by atoms with Crippen molar-refractivity contribution >= 4 is 23.4 Å². The summed E-state index contributed by atoms with van der Waals surface area (Å²) < 4.78 is 0. The Hall–Kier alpha value is -2.37. The molecule has 0 spiro atoms. The molecule has 0 aliphatic rings. The third-order valence-electron chi connectivity index (χ3n) is 5.14. The molecule has 0 saturated heterocycles. The van der Waals surface area contributed by atoms with E-state index in [9.17, 15) is 9.59 Å². The molecule has 5 nitrogen and oxygen atoms in total. The van der Waals surface area contributed by atoms with Crippen LogP contribution in [0.5, 0.6) is 0 Å². The first-order chi connectivity index (χ1) is 13.5. The van der Waals surface area contributed by atoms with Crippen LogP contribution in [0.1, 0.15) is 43.9 Å². The molecule has 1 unspecified atom stereocenters. The van der Waals surface area contributed by atoms with Crippen molar-refractivity contribution in [3.05, 3.63) is 70.7 Å². The fourth-order valence-corrected chi connectivity index (χ4v) is 3.46. The molecule has 2 aromatic rings. The van der Waals surface area contributed by atoms with Crippen molar-refractivity contribution in [2.75, 3.05) is 13.6 Å². The number of carbonyl (C=O) groups excluding carboxylic acids is 2. The van der Waals surface area contributed by atoms with Crippen molar-refractivity contribution in [2.24, 2.45) is 0 Å². The fourth-order valence-electron chi connectivity index (χ4n) is 3.33. The predicted octanol–water partition coefficient (Wildman–Crippen LogP) is 3.55. The number of halogens is 1. The molecule has 2 aromatic carbocycles. The van der Waals surface area contributed by atoms with Gasteiger partial charge in [-0.3, -0.25) is 14.9 Å². The van der Waals surface area contributed by atoms with Crippen LogP contribution >= 0.6 is 11.6 Å². The molecule has 0 bridgehead atoms. The highest BCUT2D eigenvalue weighted by molar-refractivity contribution is 6.30. The Morgan fingerprint density at radius 3 is 2.14 bits per heavy atom. The molecule has 2 amide bonds. The number of nitrogens with one attached hydrogen (secondary N) is 3. The minimum atomic E-state index is -0.728. The molecular formula is C22H28ClN3O2. The maximum absolute atomic E-state index is 12.6. The zero-order valence-corrected chi connectivity index (χ0v) is 17.3. The first kappa shape index (κ1) is 21.9. The van der Waals surface area contributed by atoms with Crippen molar-refractivity contribution in [3.8, 4) is 0 Å². The molecule has 3 N–H and O–H groups in total. The molecule has 150 valence electrons. The van der Waals surface area contributed by atoms with Gasteiger partial charge in [-0.15, -0.1) is 0 Å². The highest BCUT2D eigenvalue weighted by Crippen LogP contribution is 2.29. The summed E-state index contributed by atoms with van der Waals surface area (Å²) in [6, 6.07) is 16.2. The van der Waals surface area contributed by atoms with E-state index in [1.54, 1.807) is 7.05 Å². The van der Waals surface area contributed by atoms with Crippen LogP contribution in [0.15, 0.2) is 54.6 Å². The second-order valence-electron chi connectivity index (χ2n) is 6.68. The van der Waals surface area contributed by atoms with Crippen LogP contribution in [0.2, 0.25) is 5.02 Å². The summed E-state index contributed by atoms with van der Waals surface area (Å²) in [5.41, 5.74) is 1.49. The largest absolute Gasteiger partial charge is 0.357 e. The van der Waals surface area contributed by atoms with E-state index in [0.717, 1.165) is 24.0 Å². The minimum Gasteiger partial charge on any atom is -0.357 e. The molecule has 28 heavy (non-hydrogen) atoms. The van der Waals surface area contributed by atoms with Crippen LogP contribution in [0.4, 0.5) is 0 Å². The molecule has 0 aromatic heterocycles. The van der Waals surface area contributed by atoms with Crippen LogP contribution in [0.25, 0.3) is 0 Å². The Kier molecular flexibility index (Phi) is 8.03. The van der Waals surface area contributed by atoms with Crippen molar-refractivity contribution in [1.82, 2.24) is 16.0 Å². The van der Waals surface area contributed by atoms with Gasteiger partial charge in [0.1, 0.15) is 6.04 Å². The highest BCUT2D eigenvalue weighted by Gasteiger charge is 2.29. The van der Waals surface area contributed by atoms with E-state index in [1.807, 2.05) is 54.6 Å². The first-order valence-electron chi connectivity index (χ1n) is 9.52. The Morgan fingerprint density at radius 1 is 1.00 bits per heavy atom. The number of hydrogen-bond acceptors (Lipinski definition) is 3. The van der Waals surface area contributed by atoms with Gasteiger partial charge in [-0.2, -0.15) is 0 Å². The van der Waals surface area contributed by atoms with Crippen LogP contribution in [-0.4, -0.2) is 25.4 Å². The van der Waals surface area contributed by atoms with Crippen LogP contribution < -0.4 is 16.0 Å². The van der Waals surface area contributed by atoms with Gasteiger partial charge in [0.25, 0.3) is 0 Å². The highest BCUT2D eigenvalue weighted by atomic mass is 35.5. The van der Waals surface area contributed by atoms with Gasteiger partial charge >= 0.3 is 0 Å². The molecule has 0 heterocycles. The molecule has 0 saturated carbocycles. The van der Waals surface area contributed by atoms with Gasteiger partial charge in [-0.05, 0) is 36.1 Å². The summed E-state index contributed by atoms with van der Waals surface area (Å²) in [6.45, 7) is 4.27. The fraction of sp³-hybridized carbons (Fsp3) is 0.364. The number of rotatable bonds is 9. The lowest BCUT2D eigenvalue weighted by Crippen LogP contribution is -2.48. The van der Waals surface area contributed by atoms with Crippen molar-refractivity contribution in [3.63, 3.8) is 0 Å². The molecular weight excluding hydrogens is 374 g/mol. The van der Waals surface area contributed by atoms with Gasteiger partial charge in [-0.25, -0.2) is 0 Å². The van der Waals surface area contributed by atoms with Crippen LogP contribution in [-0.2, 0) is 15.1 Å². The Labute approximate surface area is 171 Å². The first-order valence-corrected chi connectivity index (χ1v) is 9.90. The van der Waals surface area contributed by atoms with Crippen molar-refractivity contribution < 1.29 is 9.59 Å². The van der Waals surface area contributed by atoms with Crippen molar-refractivity contribution in [1.29, 1.82) is 0 Å². The molecule has 0 fully saturated rings. The average molecular weight is 402 g/mol. The van der Waals surface area contributed by atoms with E-state index in [-0.39, 0.29) is 23.9 Å². The minimum absolute atomic E-state index is 0.102. The Morgan fingerprint density at radius 2 is 1.61 bits per heavy atom. The third-order valence-corrected chi connectivity index (χ3v) is 5.39. The molecule has 0 radical (unpaired) electrons.